The summed E-state index contributed by atoms with van der Waals surface area (Å²) in [5.74, 6) is 0.727. The van der Waals surface area contributed by atoms with E-state index in [-0.39, 0.29) is 5.91 Å². The van der Waals surface area contributed by atoms with Gasteiger partial charge in [0.15, 0.2) is 0 Å². The summed E-state index contributed by atoms with van der Waals surface area (Å²) in [6.07, 6.45) is 0. The number of hydrogen-bond acceptors (Lipinski definition) is 4. The molecule has 0 saturated heterocycles. The van der Waals surface area contributed by atoms with E-state index in [1.165, 1.54) is 0 Å². The lowest BCUT2D eigenvalue weighted by atomic mass is 10.1. The molecule has 0 N–H and O–H groups in total. The van der Waals surface area contributed by atoms with E-state index in [1.54, 1.807) is 11.9 Å². The zero-order valence-corrected chi connectivity index (χ0v) is 15.9. The molecule has 1 amide bonds. The second-order valence-corrected chi connectivity index (χ2v) is 6.75. The number of carbonyl (C=O) groups excluding carboxylic acids is 1. The summed E-state index contributed by atoms with van der Waals surface area (Å²) in [7, 11) is 1.79. The van der Waals surface area contributed by atoms with E-state index in [1.807, 2.05) is 56.6 Å². The highest BCUT2D eigenvalue weighted by atomic mass is 16.5. The van der Waals surface area contributed by atoms with E-state index in [0.29, 0.717) is 18.7 Å². The Morgan fingerprint density at radius 1 is 1.15 bits per heavy atom. The molecular weight excluding hydrogens is 328 g/mol. The van der Waals surface area contributed by atoms with E-state index >= 15 is 0 Å². The van der Waals surface area contributed by atoms with E-state index < -0.39 is 0 Å². The molecule has 1 aromatic carbocycles. The van der Waals surface area contributed by atoms with Crippen LogP contribution < -0.4 is 0 Å². The molecule has 6 heteroatoms. The molecule has 0 aliphatic carbocycles. The Hall–Kier alpha value is -2.89. The van der Waals surface area contributed by atoms with Crippen molar-refractivity contribution < 1.29 is 9.32 Å². The van der Waals surface area contributed by atoms with Crippen molar-refractivity contribution in [3.63, 3.8) is 0 Å². The van der Waals surface area contributed by atoms with Gasteiger partial charge in [-0.2, -0.15) is 5.10 Å². The summed E-state index contributed by atoms with van der Waals surface area (Å²) < 4.78 is 7.14. The van der Waals surface area contributed by atoms with Gasteiger partial charge in [-0.25, -0.2) is 0 Å². The van der Waals surface area contributed by atoms with Crippen LogP contribution in [-0.4, -0.2) is 32.8 Å². The van der Waals surface area contributed by atoms with E-state index in [9.17, 15) is 4.79 Å². The van der Waals surface area contributed by atoms with Crippen LogP contribution in [0.5, 0.6) is 0 Å². The van der Waals surface area contributed by atoms with Gasteiger partial charge in [0, 0.05) is 23.9 Å². The Labute approximate surface area is 153 Å². The summed E-state index contributed by atoms with van der Waals surface area (Å²) >= 11 is 0. The van der Waals surface area contributed by atoms with Crippen LogP contribution in [0.4, 0.5) is 0 Å². The molecule has 26 heavy (non-hydrogen) atoms. The molecule has 0 aliphatic rings. The molecule has 3 rings (SSSR count). The molecule has 0 saturated carbocycles. The number of aromatic nitrogens is 3. The van der Waals surface area contributed by atoms with Crippen molar-refractivity contribution >= 4 is 5.91 Å². The van der Waals surface area contributed by atoms with Gasteiger partial charge in [0.05, 0.1) is 24.5 Å². The third-order valence-corrected chi connectivity index (χ3v) is 4.56. The Morgan fingerprint density at radius 2 is 1.85 bits per heavy atom. The summed E-state index contributed by atoms with van der Waals surface area (Å²) in [5.41, 5.74) is 5.69. The number of aryl methyl sites for hydroxylation is 4. The zero-order chi connectivity index (χ0) is 18.8. The lowest BCUT2D eigenvalue weighted by Crippen LogP contribution is -2.26. The van der Waals surface area contributed by atoms with Crippen molar-refractivity contribution in [2.24, 2.45) is 0 Å². The molecule has 0 bridgehead atoms. The number of carbonyl (C=O) groups is 1. The molecule has 0 unspecified atom stereocenters. The number of nitrogens with zero attached hydrogens (tertiary/aromatic N) is 4. The first-order valence-electron chi connectivity index (χ1n) is 8.62. The normalized spacial score (nSPS) is 11.0. The fraction of sp³-hybridized carbons (Fsp3) is 0.350. The van der Waals surface area contributed by atoms with Gasteiger partial charge in [0.2, 0.25) is 0 Å². The molecule has 0 atom stereocenters. The lowest BCUT2D eigenvalue weighted by molar-refractivity contribution is 0.0784. The standard InChI is InChI=1S/C20H24N4O2/c1-13-10-14(2)24(21-13)11-17-6-8-18(9-7-17)20(25)23(5)12-19-15(3)22-26-16(19)4/h6-10H,11-12H2,1-5H3. The quantitative estimate of drug-likeness (QED) is 0.706. The van der Waals surface area contributed by atoms with Crippen molar-refractivity contribution in [2.45, 2.75) is 40.8 Å². The molecular formula is C20H24N4O2. The fourth-order valence-corrected chi connectivity index (χ4v) is 3.02. The monoisotopic (exact) mass is 352 g/mol. The third kappa shape index (κ3) is 3.69. The highest BCUT2D eigenvalue weighted by molar-refractivity contribution is 5.94. The highest BCUT2D eigenvalue weighted by Gasteiger charge is 2.17. The second-order valence-electron chi connectivity index (χ2n) is 6.75. The summed E-state index contributed by atoms with van der Waals surface area (Å²) in [5, 5.41) is 8.42. The van der Waals surface area contributed by atoms with Gasteiger partial charge in [0.1, 0.15) is 5.76 Å². The van der Waals surface area contributed by atoms with Gasteiger partial charge < -0.3 is 9.42 Å². The SMILES string of the molecule is Cc1cc(C)n(Cc2ccc(C(=O)N(C)Cc3c(C)noc3C)cc2)n1. The van der Waals surface area contributed by atoms with Gasteiger partial charge in [0.25, 0.3) is 5.91 Å². The average molecular weight is 352 g/mol. The molecule has 0 spiro atoms. The number of amides is 1. The van der Waals surface area contributed by atoms with Gasteiger partial charge >= 0.3 is 0 Å². The highest BCUT2D eigenvalue weighted by Crippen LogP contribution is 2.16. The van der Waals surface area contributed by atoms with Crippen LogP contribution in [0.25, 0.3) is 0 Å². The van der Waals surface area contributed by atoms with Crippen molar-refractivity contribution in [2.75, 3.05) is 7.05 Å². The molecule has 2 aromatic heterocycles. The maximum Gasteiger partial charge on any atom is 0.253 e. The Balaban J connectivity index is 1.69. The summed E-state index contributed by atoms with van der Waals surface area (Å²) in [6, 6.07) is 9.75. The van der Waals surface area contributed by atoms with Gasteiger partial charge in [-0.3, -0.25) is 9.48 Å². The Bertz CT molecular complexity index is 902. The van der Waals surface area contributed by atoms with Crippen LogP contribution in [-0.2, 0) is 13.1 Å². The average Bonchev–Trinajstić information content (AvgIpc) is 3.10. The molecule has 3 aromatic rings. The minimum atomic E-state index is -0.0253. The maximum absolute atomic E-state index is 12.7. The topological polar surface area (TPSA) is 64.2 Å². The predicted octanol–water partition coefficient (Wildman–Crippen LogP) is 3.43. The summed E-state index contributed by atoms with van der Waals surface area (Å²) in [6.45, 7) is 8.96. The second kappa shape index (κ2) is 7.15. The fourth-order valence-electron chi connectivity index (χ4n) is 3.02. The van der Waals surface area contributed by atoms with Crippen LogP contribution in [0.15, 0.2) is 34.9 Å². The summed E-state index contributed by atoms with van der Waals surface area (Å²) in [4.78, 5) is 14.4. The maximum atomic E-state index is 12.7. The van der Waals surface area contributed by atoms with Crippen molar-refractivity contribution in [3.05, 3.63) is 69.9 Å². The van der Waals surface area contributed by atoms with E-state index in [0.717, 1.165) is 34.0 Å². The Kier molecular flexibility index (Phi) is 4.93. The van der Waals surface area contributed by atoms with Crippen LogP contribution in [0.3, 0.4) is 0 Å². The first kappa shape index (κ1) is 17.9. The van der Waals surface area contributed by atoms with Crippen molar-refractivity contribution in [1.82, 2.24) is 19.8 Å². The first-order valence-corrected chi connectivity index (χ1v) is 8.62. The zero-order valence-electron chi connectivity index (χ0n) is 15.9. The molecule has 2 heterocycles. The molecule has 136 valence electrons. The number of rotatable bonds is 5. The first-order chi connectivity index (χ1) is 12.3. The van der Waals surface area contributed by atoms with Gasteiger partial charge in [-0.05, 0) is 51.5 Å². The Morgan fingerprint density at radius 3 is 2.38 bits per heavy atom. The molecule has 0 fully saturated rings. The van der Waals surface area contributed by atoms with Gasteiger partial charge in [-0.15, -0.1) is 0 Å². The number of hydrogen-bond donors (Lipinski definition) is 0. The minimum absolute atomic E-state index is 0.0253. The van der Waals surface area contributed by atoms with Crippen LogP contribution >= 0.6 is 0 Å². The molecule has 0 aliphatic heterocycles. The molecule has 6 nitrogen and oxygen atoms in total. The van der Waals surface area contributed by atoms with Crippen LogP contribution in [0.1, 0.15) is 44.3 Å². The minimum Gasteiger partial charge on any atom is -0.361 e. The predicted molar refractivity (Wildman–Crippen MR) is 99.0 cm³/mol. The lowest BCUT2D eigenvalue weighted by Gasteiger charge is -2.17. The van der Waals surface area contributed by atoms with Gasteiger partial charge in [-0.1, -0.05) is 17.3 Å². The van der Waals surface area contributed by atoms with Crippen molar-refractivity contribution in [3.8, 4) is 0 Å². The van der Waals surface area contributed by atoms with Crippen LogP contribution in [0, 0.1) is 27.7 Å². The molecule has 0 radical (unpaired) electrons. The van der Waals surface area contributed by atoms with E-state index in [4.69, 9.17) is 4.52 Å². The largest absolute Gasteiger partial charge is 0.361 e. The van der Waals surface area contributed by atoms with Crippen LogP contribution in [0.2, 0.25) is 0 Å². The smallest absolute Gasteiger partial charge is 0.253 e. The van der Waals surface area contributed by atoms with Crippen molar-refractivity contribution in [1.29, 1.82) is 0 Å². The third-order valence-electron chi connectivity index (χ3n) is 4.56. The van der Waals surface area contributed by atoms with E-state index in [2.05, 4.69) is 16.3 Å². The number of benzene rings is 1.